The van der Waals surface area contributed by atoms with Crippen molar-refractivity contribution in [2.75, 3.05) is 38.1 Å². The Kier molecular flexibility index (Phi) is 4.37. The molecule has 0 N–H and O–H groups in total. The average Bonchev–Trinajstić information content (AvgIpc) is 2.75. The molecular formula is C18H26BN3O2. The van der Waals surface area contributed by atoms with Crippen LogP contribution < -0.4 is 10.4 Å². The summed E-state index contributed by atoms with van der Waals surface area (Å²) in [4.78, 5) is 4.65. The Hall–Kier alpha value is -1.55. The summed E-state index contributed by atoms with van der Waals surface area (Å²) in [6, 6.07) is 8.34. The minimum absolute atomic E-state index is 0.402. The summed E-state index contributed by atoms with van der Waals surface area (Å²) >= 11 is 0. The van der Waals surface area contributed by atoms with Crippen LogP contribution in [0.4, 0.5) is 5.69 Å². The molecule has 0 radical (unpaired) electrons. The smallest absolute Gasteiger partial charge is 0.399 e. The van der Waals surface area contributed by atoms with Gasteiger partial charge in [0.15, 0.2) is 0 Å². The van der Waals surface area contributed by atoms with E-state index in [1.807, 2.05) is 39.8 Å². The van der Waals surface area contributed by atoms with Crippen LogP contribution in [-0.4, -0.2) is 56.4 Å². The number of piperazine rings is 1. The lowest BCUT2D eigenvalue weighted by Gasteiger charge is -2.34. The maximum atomic E-state index is 9.62. The predicted molar refractivity (Wildman–Crippen MR) is 96.6 cm³/mol. The van der Waals surface area contributed by atoms with Gasteiger partial charge in [-0.3, -0.25) is 0 Å². The van der Waals surface area contributed by atoms with E-state index in [0.717, 1.165) is 37.3 Å². The summed E-state index contributed by atoms with van der Waals surface area (Å²) in [7, 11) is 1.64. The molecular weight excluding hydrogens is 301 g/mol. The van der Waals surface area contributed by atoms with Crippen molar-refractivity contribution >= 4 is 18.3 Å². The van der Waals surface area contributed by atoms with Crippen LogP contribution in [0.5, 0.6) is 0 Å². The largest absolute Gasteiger partial charge is 0.496 e. The molecule has 0 aliphatic carbocycles. The van der Waals surface area contributed by atoms with Crippen molar-refractivity contribution < 1.29 is 9.31 Å². The van der Waals surface area contributed by atoms with Crippen molar-refractivity contribution in [1.82, 2.24) is 4.90 Å². The van der Waals surface area contributed by atoms with Gasteiger partial charge in [0.1, 0.15) is 0 Å². The van der Waals surface area contributed by atoms with E-state index in [1.165, 1.54) is 0 Å². The van der Waals surface area contributed by atoms with Gasteiger partial charge < -0.3 is 19.1 Å². The molecule has 5 nitrogen and oxygen atoms in total. The molecule has 0 saturated carbocycles. The summed E-state index contributed by atoms with van der Waals surface area (Å²) in [6.07, 6.45) is 0. The SMILES string of the molecule is CN1CCN(c2ccc(B3OC(C)(C)C(C)(C)O3)c(C#N)c2)CC1. The molecule has 3 rings (SSSR count). The fourth-order valence-corrected chi connectivity index (χ4v) is 3.08. The highest BCUT2D eigenvalue weighted by Crippen LogP contribution is 2.36. The molecule has 128 valence electrons. The van der Waals surface area contributed by atoms with E-state index >= 15 is 0 Å². The zero-order chi connectivity index (χ0) is 17.5. The molecule has 0 aromatic heterocycles. The molecule has 1 aromatic carbocycles. The van der Waals surface area contributed by atoms with Gasteiger partial charge in [0.05, 0.1) is 22.8 Å². The van der Waals surface area contributed by atoms with E-state index < -0.39 is 18.3 Å². The minimum Gasteiger partial charge on any atom is -0.399 e. The maximum absolute atomic E-state index is 9.62. The van der Waals surface area contributed by atoms with Crippen molar-refractivity contribution in [3.05, 3.63) is 23.8 Å². The molecule has 24 heavy (non-hydrogen) atoms. The first kappa shape index (κ1) is 17.3. The van der Waals surface area contributed by atoms with E-state index in [2.05, 4.69) is 29.0 Å². The van der Waals surface area contributed by atoms with Gasteiger partial charge in [-0.15, -0.1) is 0 Å². The molecule has 0 unspecified atom stereocenters. The van der Waals surface area contributed by atoms with E-state index in [1.54, 1.807) is 0 Å². The molecule has 2 saturated heterocycles. The van der Waals surface area contributed by atoms with Gasteiger partial charge in [-0.05, 0) is 46.9 Å². The van der Waals surface area contributed by atoms with Crippen LogP contribution in [0.25, 0.3) is 0 Å². The number of hydrogen-bond acceptors (Lipinski definition) is 5. The van der Waals surface area contributed by atoms with Crippen molar-refractivity contribution in [3.63, 3.8) is 0 Å². The number of benzene rings is 1. The molecule has 2 heterocycles. The molecule has 2 aliphatic rings. The number of likely N-dealkylation sites (N-methyl/N-ethyl adjacent to an activating group) is 1. The lowest BCUT2D eigenvalue weighted by molar-refractivity contribution is 0.00578. The van der Waals surface area contributed by atoms with Gasteiger partial charge in [0.2, 0.25) is 0 Å². The van der Waals surface area contributed by atoms with Gasteiger partial charge in [0, 0.05) is 37.3 Å². The van der Waals surface area contributed by atoms with E-state index in [0.29, 0.717) is 5.56 Å². The highest BCUT2D eigenvalue weighted by molar-refractivity contribution is 6.62. The number of rotatable bonds is 2. The first-order chi connectivity index (χ1) is 11.2. The Balaban J connectivity index is 1.85. The normalized spacial score (nSPS) is 23.3. The molecule has 2 fully saturated rings. The molecule has 0 atom stereocenters. The van der Waals surface area contributed by atoms with Crippen molar-refractivity contribution in [2.45, 2.75) is 38.9 Å². The summed E-state index contributed by atoms with van der Waals surface area (Å²) in [6.45, 7) is 12.2. The lowest BCUT2D eigenvalue weighted by Crippen LogP contribution is -2.44. The zero-order valence-electron chi connectivity index (χ0n) is 15.3. The van der Waals surface area contributed by atoms with Crippen molar-refractivity contribution in [2.24, 2.45) is 0 Å². The quantitative estimate of drug-likeness (QED) is 0.773. The van der Waals surface area contributed by atoms with Gasteiger partial charge in [-0.25, -0.2) is 0 Å². The third kappa shape index (κ3) is 3.04. The Labute approximate surface area is 145 Å². The Morgan fingerprint density at radius 1 is 1.04 bits per heavy atom. The van der Waals surface area contributed by atoms with Gasteiger partial charge in [-0.2, -0.15) is 5.26 Å². The number of nitriles is 1. The van der Waals surface area contributed by atoms with E-state index in [-0.39, 0.29) is 0 Å². The summed E-state index contributed by atoms with van der Waals surface area (Å²) in [5.41, 5.74) is 1.74. The van der Waals surface area contributed by atoms with Crippen LogP contribution in [0, 0.1) is 11.3 Å². The van der Waals surface area contributed by atoms with Gasteiger partial charge >= 0.3 is 7.12 Å². The third-order valence-corrected chi connectivity index (χ3v) is 5.53. The number of anilines is 1. The number of nitrogens with zero attached hydrogens (tertiary/aromatic N) is 3. The zero-order valence-corrected chi connectivity index (χ0v) is 15.3. The van der Waals surface area contributed by atoms with Crippen LogP contribution in [-0.2, 0) is 9.31 Å². The van der Waals surface area contributed by atoms with Gasteiger partial charge in [-0.1, -0.05) is 6.07 Å². The second kappa shape index (κ2) is 6.07. The molecule has 0 amide bonds. The van der Waals surface area contributed by atoms with Crippen molar-refractivity contribution in [1.29, 1.82) is 5.26 Å². The molecule has 0 spiro atoms. The summed E-state index contributed by atoms with van der Waals surface area (Å²) in [5.74, 6) is 0. The first-order valence-electron chi connectivity index (χ1n) is 8.57. The standard InChI is InChI=1S/C18H26BN3O2/c1-17(2)18(3,4)24-19(23-17)16-7-6-15(12-14(16)13-20)22-10-8-21(5)9-11-22/h6-7,12H,8-11H2,1-5H3. The summed E-state index contributed by atoms with van der Waals surface area (Å²) in [5, 5.41) is 9.62. The van der Waals surface area contributed by atoms with Gasteiger partial charge in [0.25, 0.3) is 0 Å². The fourth-order valence-electron chi connectivity index (χ4n) is 3.08. The maximum Gasteiger partial charge on any atom is 0.496 e. The van der Waals surface area contributed by atoms with E-state index in [4.69, 9.17) is 9.31 Å². The van der Waals surface area contributed by atoms with E-state index in [9.17, 15) is 5.26 Å². The highest BCUT2D eigenvalue weighted by atomic mass is 16.7. The highest BCUT2D eigenvalue weighted by Gasteiger charge is 2.52. The van der Waals surface area contributed by atoms with Crippen LogP contribution in [0.1, 0.15) is 33.3 Å². The molecule has 6 heteroatoms. The monoisotopic (exact) mass is 327 g/mol. The lowest BCUT2D eigenvalue weighted by atomic mass is 9.76. The molecule has 2 aliphatic heterocycles. The minimum atomic E-state index is -0.494. The first-order valence-corrected chi connectivity index (χ1v) is 8.57. The summed E-state index contributed by atoms with van der Waals surface area (Å²) < 4.78 is 12.2. The van der Waals surface area contributed by atoms with Crippen molar-refractivity contribution in [3.8, 4) is 6.07 Å². The van der Waals surface area contributed by atoms with Crippen LogP contribution in [0.3, 0.4) is 0 Å². The average molecular weight is 327 g/mol. The predicted octanol–water partition coefficient (Wildman–Crippen LogP) is 1.61. The fraction of sp³-hybridized carbons (Fsp3) is 0.611. The molecule has 1 aromatic rings. The second-order valence-electron chi connectivity index (χ2n) is 7.76. The van der Waals surface area contributed by atoms with Crippen LogP contribution >= 0.6 is 0 Å². The van der Waals surface area contributed by atoms with Crippen LogP contribution in [0.2, 0.25) is 0 Å². The Morgan fingerprint density at radius 3 is 2.17 bits per heavy atom. The number of hydrogen-bond donors (Lipinski definition) is 0. The Bertz CT molecular complexity index is 645. The third-order valence-electron chi connectivity index (χ3n) is 5.53. The topological polar surface area (TPSA) is 48.7 Å². The molecule has 0 bridgehead atoms. The van der Waals surface area contributed by atoms with Crippen LogP contribution in [0.15, 0.2) is 18.2 Å². The second-order valence-corrected chi connectivity index (χ2v) is 7.76. The Morgan fingerprint density at radius 2 is 1.62 bits per heavy atom.